The Morgan fingerprint density at radius 2 is 1.71 bits per heavy atom. The Kier molecular flexibility index (Phi) is 2.38. The first kappa shape index (κ1) is 9.41. The zero-order chi connectivity index (χ0) is 10.0. The molecule has 0 spiro atoms. The molecule has 0 heterocycles. The van der Waals surface area contributed by atoms with Gasteiger partial charge in [-0.3, -0.25) is 4.79 Å². The number of Topliss-reactive ketones (excluding diaryl/α,β-unsaturated/α-hetero) is 1. The summed E-state index contributed by atoms with van der Waals surface area (Å²) in [6.07, 6.45) is 3.83. The molecule has 2 nitrogen and oxygen atoms in total. The smallest absolute Gasteiger partial charge is 0.182 e. The molecule has 0 saturated heterocycles. The molecule has 0 radical (unpaired) electrons. The largest absolute Gasteiger partial charge is 0.319 e. The van der Waals surface area contributed by atoms with Gasteiger partial charge in [-0.15, -0.1) is 0 Å². The Hall–Kier alpha value is -1.15. The second-order valence-corrected chi connectivity index (χ2v) is 4.06. The number of hydrogen-bond donors (Lipinski definition) is 1. The molecule has 2 heteroatoms. The third kappa shape index (κ3) is 1.58. The number of ketones is 1. The van der Waals surface area contributed by atoms with Crippen LogP contribution in [-0.4, -0.2) is 11.3 Å². The summed E-state index contributed by atoms with van der Waals surface area (Å²) in [6.45, 7) is 0. The lowest BCUT2D eigenvalue weighted by Crippen LogP contribution is -2.45. The molecule has 1 aromatic rings. The van der Waals surface area contributed by atoms with Gasteiger partial charge >= 0.3 is 0 Å². The molecule has 14 heavy (non-hydrogen) atoms. The maximum absolute atomic E-state index is 12.0. The van der Waals surface area contributed by atoms with Crippen LogP contribution in [0, 0.1) is 0 Å². The van der Waals surface area contributed by atoms with Crippen molar-refractivity contribution in [3.8, 4) is 0 Å². The molecule has 0 amide bonds. The molecule has 0 aromatic heterocycles. The molecule has 1 aromatic carbocycles. The molecule has 1 saturated carbocycles. The summed E-state index contributed by atoms with van der Waals surface area (Å²) >= 11 is 0. The molecule has 2 rings (SSSR count). The number of carbonyl (C=O) groups excluding carboxylic acids is 1. The van der Waals surface area contributed by atoms with E-state index in [-0.39, 0.29) is 5.78 Å². The number of nitrogens with two attached hydrogens (primary N) is 1. The van der Waals surface area contributed by atoms with Gasteiger partial charge < -0.3 is 5.73 Å². The van der Waals surface area contributed by atoms with Crippen LogP contribution in [0.5, 0.6) is 0 Å². The summed E-state index contributed by atoms with van der Waals surface area (Å²) in [7, 11) is 0. The van der Waals surface area contributed by atoms with Gasteiger partial charge in [0.2, 0.25) is 0 Å². The van der Waals surface area contributed by atoms with Gasteiger partial charge in [-0.1, -0.05) is 43.2 Å². The van der Waals surface area contributed by atoms with E-state index in [4.69, 9.17) is 5.73 Å². The Morgan fingerprint density at radius 1 is 1.14 bits per heavy atom. The average Bonchev–Trinajstić information content (AvgIpc) is 2.67. The van der Waals surface area contributed by atoms with Crippen molar-refractivity contribution in [1.29, 1.82) is 0 Å². The first-order valence-corrected chi connectivity index (χ1v) is 5.11. The summed E-state index contributed by atoms with van der Waals surface area (Å²) in [5.41, 5.74) is 6.25. The molecular formula is C12H15NO. The first-order valence-electron chi connectivity index (χ1n) is 5.11. The van der Waals surface area contributed by atoms with Gasteiger partial charge in [-0.25, -0.2) is 0 Å². The molecule has 74 valence electrons. The average molecular weight is 189 g/mol. The van der Waals surface area contributed by atoms with Crippen molar-refractivity contribution in [3.05, 3.63) is 35.9 Å². The highest BCUT2D eigenvalue weighted by Gasteiger charge is 2.37. The number of hydrogen-bond acceptors (Lipinski definition) is 2. The second kappa shape index (κ2) is 3.54. The Labute approximate surface area is 84.1 Å². The van der Waals surface area contributed by atoms with E-state index < -0.39 is 5.54 Å². The monoisotopic (exact) mass is 189 g/mol. The standard InChI is InChI=1S/C12H15NO/c13-12(8-4-5-9-12)11(14)10-6-2-1-3-7-10/h1-3,6-7H,4-5,8-9,13H2. The van der Waals surface area contributed by atoms with Crippen LogP contribution >= 0.6 is 0 Å². The molecular weight excluding hydrogens is 174 g/mol. The van der Waals surface area contributed by atoms with E-state index in [2.05, 4.69) is 0 Å². The molecule has 1 aliphatic rings. The topological polar surface area (TPSA) is 43.1 Å². The van der Waals surface area contributed by atoms with Crippen LogP contribution in [0.2, 0.25) is 0 Å². The second-order valence-electron chi connectivity index (χ2n) is 4.06. The summed E-state index contributed by atoms with van der Waals surface area (Å²) in [6, 6.07) is 9.36. The molecule has 1 aliphatic carbocycles. The van der Waals surface area contributed by atoms with Crippen LogP contribution in [0.15, 0.2) is 30.3 Å². The van der Waals surface area contributed by atoms with E-state index in [1.54, 1.807) is 0 Å². The third-order valence-electron chi connectivity index (χ3n) is 2.98. The van der Waals surface area contributed by atoms with E-state index in [1.165, 1.54) is 0 Å². The lowest BCUT2D eigenvalue weighted by atomic mass is 9.89. The molecule has 2 N–H and O–H groups in total. The highest BCUT2D eigenvalue weighted by Crippen LogP contribution is 2.30. The molecule has 0 aliphatic heterocycles. The van der Waals surface area contributed by atoms with Crippen molar-refractivity contribution in [2.24, 2.45) is 5.73 Å². The zero-order valence-corrected chi connectivity index (χ0v) is 8.20. The Morgan fingerprint density at radius 3 is 2.29 bits per heavy atom. The van der Waals surface area contributed by atoms with E-state index >= 15 is 0 Å². The van der Waals surface area contributed by atoms with Crippen molar-refractivity contribution < 1.29 is 4.79 Å². The molecule has 0 atom stereocenters. The number of benzene rings is 1. The normalized spacial score (nSPS) is 19.5. The minimum absolute atomic E-state index is 0.107. The fourth-order valence-corrected chi connectivity index (χ4v) is 2.11. The number of carbonyl (C=O) groups is 1. The fraction of sp³-hybridized carbons (Fsp3) is 0.417. The first-order chi connectivity index (χ1) is 6.72. The SMILES string of the molecule is NC1(C(=O)c2ccccc2)CCCC1. The molecule has 1 fully saturated rings. The van der Waals surface area contributed by atoms with E-state index in [9.17, 15) is 4.79 Å². The zero-order valence-electron chi connectivity index (χ0n) is 8.20. The third-order valence-corrected chi connectivity index (χ3v) is 2.98. The summed E-state index contributed by atoms with van der Waals surface area (Å²) in [5.74, 6) is 0.107. The number of rotatable bonds is 2. The highest BCUT2D eigenvalue weighted by molar-refractivity contribution is 6.03. The Balaban J connectivity index is 2.24. The van der Waals surface area contributed by atoms with Gasteiger partial charge in [-0.05, 0) is 12.8 Å². The van der Waals surface area contributed by atoms with Crippen molar-refractivity contribution >= 4 is 5.78 Å². The van der Waals surface area contributed by atoms with E-state index in [0.717, 1.165) is 31.2 Å². The molecule has 0 bridgehead atoms. The minimum atomic E-state index is -0.582. The van der Waals surface area contributed by atoms with Crippen molar-refractivity contribution in [2.75, 3.05) is 0 Å². The van der Waals surface area contributed by atoms with Gasteiger partial charge in [0, 0.05) is 5.56 Å². The van der Waals surface area contributed by atoms with Gasteiger partial charge in [-0.2, -0.15) is 0 Å². The Bertz CT molecular complexity index is 325. The lowest BCUT2D eigenvalue weighted by molar-refractivity contribution is 0.0892. The highest BCUT2D eigenvalue weighted by atomic mass is 16.1. The van der Waals surface area contributed by atoms with Crippen LogP contribution < -0.4 is 5.73 Å². The predicted molar refractivity (Wildman–Crippen MR) is 56.2 cm³/mol. The lowest BCUT2D eigenvalue weighted by Gasteiger charge is -2.21. The summed E-state index contributed by atoms with van der Waals surface area (Å²) in [5, 5.41) is 0. The van der Waals surface area contributed by atoms with Crippen molar-refractivity contribution in [1.82, 2.24) is 0 Å². The maximum Gasteiger partial charge on any atom is 0.182 e. The summed E-state index contributed by atoms with van der Waals surface area (Å²) < 4.78 is 0. The molecule has 0 unspecified atom stereocenters. The van der Waals surface area contributed by atoms with Gasteiger partial charge in [0.1, 0.15) is 0 Å². The predicted octanol–water partition coefficient (Wildman–Crippen LogP) is 2.14. The van der Waals surface area contributed by atoms with Gasteiger partial charge in [0.05, 0.1) is 5.54 Å². The van der Waals surface area contributed by atoms with E-state index in [0.29, 0.717) is 0 Å². The van der Waals surface area contributed by atoms with Crippen LogP contribution in [0.25, 0.3) is 0 Å². The minimum Gasteiger partial charge on any atom is -0.319 e. The van der Waals surface area contributed by atoms with Crippen LogP contribution in [0.1, 0.15) is 36.0 Å². The van der Waals surface area contributed by atoms with E-state index in [1.807, 2.05) is 30.3 Å². The fourth-order valence-electron chi connectivity index (χ4n) is 2.11. The van der Waals surface area contributed by atoms with Gasteiger partial charge in [0.15, 0.2) is 5.78 Å². The maximum atomic E-state index is 12.0. The van der Waals surface area contributed by atoms with Crippen molar-refractivity contribution in [2.45, 2.75) is 31.2 Å². The quantitative estimate of drug-likeness (QED) is 0.724. The summed E-state index contributed by atoms with van der Waals surface area (Å²) in [4.78, 5) is 12.0. The van der Waals surface area contributed by atoms with Crippen LogP contribution in [-0.2, 0) is 0 Å². The van der Waals surface area contributed by atoms with Gasteiger partial charge in [0.25, 0.3) is 0 Å². The van der Waals surface area contributed by atoms with Crippen molar-refractivity contribution in [3.63, 3.8) is 0 Å². The van der Waals surface area contributed by atoms with Crippen LogP contribution in [0.3, 0.4) is 0 Å². The van der Waals surface area contributed by atoms with Crippen LogP contribution in [0.4, 0.5) is 0 Å².